The lowest BCUT2D eigenvalue weighted by Crippen LogP contribution is -2.27. The summed E-state index contributed by atoms with van der Waals surface area (Å²) in [5.74, 6) is 0.255. The molecule has 0 amide bonds. The molecule has 1 aliphatic rings. The van der Waals surface area contributed by atoms with Gasteiger partial charge in [0.05, 0.1) is 0 Å². The third kappa shape index (κ3) is 4.13. The molecular formula is C15H19N3OS. The Morgan fingerprint density at radius 2 is 2.10 bits per heavy atom. The minimum absolute atomic E-state index is 0.255. The molecule has 1 aliphatic carbocycles. The molecule has 0 heterocycles. The number of carbonyl (C=O) groups excluding carboxylic acids is 1. The molecule has 0 atom stereocenters. The van der Waals surface area contributed by atoms with Crippen molar-refractivity contribution in [2.24, 2.45) is 5.10 Å². The van der Waals surface area contributed by atoms with E-state index >= 15 is 0 Å². The van der Waals surface area contributed by atoms with Crippen molar-refractivity contribution in [3.8, 4) is 0 Å². The van der Waals surface area contributed by atoms with Gasteiger partial charge in [0, 0.05) is 24.2 Å². The summed E-state index contributed by atoms with van der Waals surface area (Å²) < 4.78 is 0. The maximum absolute atomic E-state index is 11.3. The Morgan fingerprint density at radius 1 is 1.30 bits per heavy atom. The van der Waals surface area contributed by atoms with E-state index in [0.717, 1.165) is 29.8 Å². The molecule has 20 heavy (non-hydrogen) atoms. The third-order valence-corrected chi connectivity index (χ3v) is 3.47. The summed E-state index contributed by atoms with van der Waals surface area (Å²) in [6, 6.07) is 6.15. The molecule has 1 saturated carbocycles. The molecule has 1 aromatic rings. The highest BCUT2D eigenvalue weighted by Crippen LogP contribution is 2.16. The number of hydrogen-bond acceptors (Lipinski definition) is 3. The molecule has 0 radical (unpaired) electrons. The molecule has 0 spiro atoms. The first-order valence-corrected chi connectivity index (χ1v) is 7.17. The van der Waals surface area contributed by atoms with E-state index in [2.05, 4.69) is 21.9 Å². The van der Waals surface area contributed by atoms with Crippen LogP contribution in [0.2, 0.25) is 0 Å². The lowest BCUT2D eigenvalue weighted by atomic mass is 9.97. The number of benzene rings is 1. The van der Waals surface area contributed by atoms with E-state index in [0.29, 0.717) is 18.0 Å². The third-order valence-electron chi connectivity index (χ3n) is 3.28. The molecule has 1 fully saturated rings. The minimum atomic E-state index is 0.255. The van der Waals surface area contributed by atoms with Crippen molar-refractivity contribution in [1.29, 1.82) is 0 Å². The highest BCUT2D eigenvalue weighted by molar-refractivity contribution is 7.80. The zero-order valence-electron chi connectivity index (χ0n) is 11.8. The summed E-state index contributed by atoms with van der Waals surface area (Å²) in [7, 11) is 0. The summed E-state index contributed by atoms with van der Waals surface area (Å²) in [6.07, 6.45) is 2.87. The van der Waals surface area contributed by atoms with Crippen LogP contribution >= 0.6 is 12.2 Å². The van der Waals surface area contributed by atoms with Crippen molar-refractivity contribution < 1.29 is 4.79 Å². The number of nitrogens with one attached hydrogen (secondary N) is 2. The lowest BCUT2D eigenvalue weighted by molar-refractivity contribution is -0.118. The second kappa shape index (κ2) is 6.61. The van der Waals surface area contributed by atoms with Crippen LogP contribution in [0.4, 0.5) is 5.69 Å². The zero-order valence-corrected chi connectivity index (χ0v) is 12.6. The number of carbonyl (C=O) groups is 1. The highest BCUT2D eigenvalue weighted by atomic mass is 32.1. The zero-order chi connectivity index (χ0) is 14.5. The van der Waals surface area contributed by atoms with Gasteiger partial charge < -0.3 is 5.32 Å². The Hall–Kier alpha value is -1.75. The molecular weight excluding hydrogens is 270 g/mol. The summed E-state index contributed by atoms with van der Waals surface area (Å²) in [5, 5.41) is 7.80. The predicted octanol–water partition coefficient (Wildman–Crippen LogP) is 3.09. The standard InChI is InChI=1S/C15H19N3OS/c1-10-6-7-11(2)14(8-10)16-15(20)18-17-12-4-3-5-13(19)9-12/h6-8H,3-5,9H2,1-2H3,(H2,16,18,20)/b17-12+. The number of Topliss-reactive ketones (excluding diaryl/α,β-unsaturated/α-hetero) is 1. The molecule has 0 bridgehead atoms. The Kier molecular flexibility index (Phi) is 4.84. The molecule has 4 nitrogen and oxygen atoms in total. The molecule has 106 valence electrons. The first kappa shape index (κ1) is 14.7. The van der Waals surface area contributed by atoms with Crippen molar-refractivity contribution in [3.05, 3.63) is 29.3 Å². The molecule has 2 N–H and O–H groups in total. The molecule has 5 heteroatoms. The smallest absolute Gasteiger partial charge is 0.191 e. The van der Waals surface area contributed by atoms with Crippen LogP contribution in [0.3, 0.4) is 0 Å². The van der Waals surface area contributed by atoms with Gasteiger partial charge >= 0.3 is 0 Å². The van der Waals surface area contributed by atoms with Gasteiger partial charge in [0.2, 0.25) is 0 Å². The number of hydrogen-bond donors (Lipinski definition) is 2. The molecule has 1 aromatic carbocycles. The summed E-state index contributed by atoms with van der Waals surface area (Å²) in [4.78, 5) is 11.3. The summed E-state index contributed by atoms with van der Waals surface area (Å²) >= 11 is 5.22. The maximum Gasteiger partial charge on any atom is 0.191 e. The normalized spacial score (nSPS) is 17.1. The average Bonchev–Trinajstić information content (AvgIpc) is 2.41. The van der Waals surface area contributed by atoms with Crippen molar-refractivity contribution in [2.75, 3.05) is 5.32 Å². The van der Waals surface area contributed by atoms with Gasteiger partial charge in [-0.05, 0) is 56.1 Å². The SMILES string of the molecule is Cc1ccc(C)c(NC(=S)N/N=C2\CCCC(=O)C2)c1. The van der Waals surface area contributed by atoms with Gasteiger partial charge in [0.25, 0.3) is 0 Å². The first-order valence-electron chi connectivity index (χ1n) is 6.76. The number of nitrogens with zero attached hydrogens (tertiary/aromatic N) is 1. The van der Waals surface area contributed by atoms with Gasteiger partial charge in [0.15, 0.2) is 5.11 Å². The van der Waals surface area contributed by atoms with E-state index in [-0.39, 0.29) is 5.78 Å². The predicted molar refractivity (Wildman–Crippen MR) is 86.2 cm³/mol. The van der Waals surface area contributed by atoms with Crippen LogP contribution in [0.5, 0.6) is 0 Å². The number of hydrazone groups is 1. The fourth-order valence-corrected chi connectivity index (χ4v) is 2.30. The molecule has 0 saturated heterocycles. The quantitative estimate of drug-likeness (QED) is 0.649. The Labute approximate surface area is 124 Å². The maximum atomic E-state index is 11.3. The van der Waals surface area contributed by atoms with Crippen molar-refractivity contribution in [3.63, 3.8) is 0 Å². The van der Waals surface area contributed by atoms with Gasteiger partial charge in [-0.2, -0.15) is 5.10 Å². The van der Waals surface area contributed by atoms with Crippen molar-refractivity contribution in [2.45, 2.75) is 39.5 Å². The van der Waals surface area contributed by atoms with E-state index in [1.807, 2.05) is 26.0 Å². The van der Waals surface area contributed by atoms with Crippen LogP contribution < -0.4 is 10.7 Å². The number of rotatable bonds is 2. The van der Waals surface area contributed by atoms with E-state index < -0.39 is 0 Å². The Morgan fingerprint density at radius 3 is 2.85 bits per heavy atom. The molecule has 2 rings (SSSR count). The van der Waals surface area contributed by atoms with E-state index in [1.165, 1.54) is 5.56 Å². The van der Waals surface area contributed by atoms with E-state index in [4.69, 9.17) is 12.2 Å². The average molecular weight is 289 g/mol. The Bertz CT molecular complexity index is 566. The summed E-state index contributed by atoms with van der Waals surface area (Å²) in [6.45, 7) is 4.06. The van der Waals surface area contributed by atoms with E-state index in [9.17, 15) is 4.79 Å². The fraction of sp³-hybridized carbons (Fsp3) is 0.400. The lowest BCUT2D eigenvalue weighted by Gasteiger charge is -2.14. The highest BCUT2D eigenvalue weighted by Gasteiger charge is 2.14. The second-order valence-corrected chi connectivity index (χ2v) is 5.54. The largest absolute Gasteiger partial charge is 0.331 e. The minimum Gasteiger partial charge on any atom is -0.331 e. The van der Waals surface area contributed by atoms with Gasteiger partial charge in [-0.3, -0.25) is 10.2 Å². The fourth-order valence-electron chi connectivity index (χ4n) is 2.14. The van der Waals surface area contributed by atoms with Gasteiger partial charge in [-0.1, -0.05) is 12.1 Å². The molecule has 0 unspecified atom stereocenters. The summed E-state index contributed by atoms with van der Waals surface area (Å²) in [5.41, 5.74) is 6.98. The van der Waals surface area contributed by atoms with Crippen LogP contribution in [-0.2, 0) is 4.79 Å². The van der Waals surface area contributed by atoms with Gasteiger partial charge in [-0.15, -0.1) is 0 Å². The van der Waals surface area contributed by atoms with Crippen LogP contribution in [0, 0.1) is 13.8 Å². The van der Waals surface area contributed by atoms with Crippen molar-refractivity contribution >= 4 is 34.5 Å². The van der Waals surface area contributed by atoms with Crippen LogP contribution in [-0.4, -0.2) is 16.6 Å². The number of thiocarbonyl (C=S) groups is 1. The monoisotopic (exact) mass is 289 g/mol. The number of aryl methyl sites for hydroxylation is 2. The van der Waals surface area contributed by atoms with Crippen LogP contribution in [0.25, 0.3) is 0 Å². The Balaban J connectivity index is 1.94. The topological polar surface area (TPSA) is 53.5 Å². The number of anilines is 1. The molecule has 0 aromatic heterocycles. The second-order valence-electron chi connectivity index (χ2n) is 5.13. The van der Waals surface area contributed by atoms with Crippen molar-refractivity contribution in [1.82, 2.24) is 5.43 Å². The van der Waals surface area contributed by atoms with Crippen LogP contribution in [0.15, 0.2) is 23.3 Å². The molecule has 0 aliphatic heterocycles. The van der Waals surface area contributed by atoms with E-state index in [1.54, 1.807) is 0 Å². The van der Waals surface area contributed by atoms with Gasteiger partial charge in [0.1, 0.15) is 5.78 Å². The number of ketones is 1. The first-order chi connectivity index (χ1) is 9.54. The van der Waals surface area contributed by atoms with Gasteiger partial charge in [-0.25, -0.2) is 0 Å². The van der Waals surface area contributed by atoms with Crippen LogP contribution in [0.1, 0.15) is 36.8 Å².